The zero-order valence-electron chi connectivity index (χ0n) is 8.66. The Morgan fingerprint density at radius 2 is 2.07 bits per heavy atom. The van der Waals surface area contributed by atoms with Crippen molar-refractivity contribution in [1.29, 1.82) is 0 Å². The third-order valence-corrected chi connectivity index (χ3v) is 2.25. The summed E-state index contributed by atoms with van der Waals surface area (Å²) < 4.78 is 0. The van der Waals surface area contributed by atoms with Crippen molar-refractivity contribution in [3.63, 3.8) is 0 Å². The topological polar surface area (TPSA) is 12.0 Å². The maximum atomic E-state index is 5.18. The monoisotopic (exact) mass is 187 g/mol. The standard InChI is InChI=1S/C13H17N/c1-3-4-8-11-14-12(2)13-9-6-5-7-10-13/h1,5-7,9-10,12,14H,4,8,11H2,2H3/t12-/m1/s1. The van der Waals surface area contributed by atoms with Crippen LogP contribution in [-0.2, 0) is 0 Å². The van der Waals surface area contributed by atoms with Gasteiger partial charge in [-0.1, -0.05) is 30.3 Å². The van der Waals surface area contributed by atoms with Crippen LogP contribution in [0.2, 0.25) is 0 Å². The van der Waals surface area contributed by atoms with Crippen LogP contribution >= 0.6 is 0 Å². The fraction of sp³-hybridized carbons (Fsp3) is 0.385. The van der Waals surface area contributed by atoms with Crippen molar-refractivity contribution in [2.75, 3.05) is 6.54 Å². The normalized spacial score (nSPS) is 12.0. The highest BCUT2D eigenvalue weighted by molar-refractivity contribution is 5.17. The van der Waals surface area contributed by atoms with Gasteiger partial charge in [-0.05, 0) is 25.5 Å². The van der Waals surface area contributed by atoms with E-state index in [4.69, 9.17) is 6.42 Å². The Hall–Kier alpha value is -1.26. The summed E-state index contributed by atoms with van der Waals surface area (Å²) in [5, 5.41) is 3.44. The number of nitrogens with one attached hydrogen (secondary N) is 1. The molecular formula is C13H17N. The van der Waals surface area contributed by atoms with Crippen molar-refractivity contribution in [3.05, 3.63) is 35.9 Å². The average Bonchev–Trinajstić information content (AvgIpc) is 2.25. The van der Waals surface area contributed by atoms with Gasteiger partial charge in [0.1, 0.15) is 0 Å². The molecule has 0 saturated carbocycles. The van der Waals surface area contributed by atoms with E-state index in [1.807, 2.05) is 6.07 Å². The van der Waals surface area contributed by atoms with Gasteiger partial charge >= 0.3 is 0 Å². The van der Waals surface area contributed by atoms with E-state index in [-0.39, 0.29) is 0 Å². The van der Waals surface area contributed by atoms with Crippen LogP contribution in [0, 0.1) is 12.3 Å². The van der Waals surface area contributed by atoms with E-state index in [2.05, 4.69) is 42.4 Å². The fourth-order valence-corrected chi connectivity index (χ4v) is 1.37. The van der Waals surface area contributed by atoms with Gasteiger partial charge < -0.3 is 5.32 Å². The van der Waals surface area contributed by atoms with Crippen LogP contribution in [0.4, 0.5) is 0 Å². The summed E-state index contributed by atoms with van der Waals surface area (Å²) in [7, 11) is 0. The lowest BCUT2D eigenvalue weighted by Crippen LogP contribution is -2.19. The second kappa shape index (κ2) is 6.23. The van der Waals surface area contributed by atoms with Crippen molar-refractivity contribution in [1.82, 2.24) is 5.32 Å². The highest BCUT2D eigenvalue weighted by atomic mass is 14.9. The summed E-state index contributed by atoms with van der Waals surface area (Å²) in [6, 6.07) is 10.9. The van der Waals surface area contributed by atoms with Crippen molar-refractivity contribution in [2.24, 2.45) is 0 Å². The summed E-state index contributed by atoms with van der Waals surface area (Å²) in [5.41, 5.74) is 1.33. The van der Waals surface area contributed by atoms with Crippen LogP contribution < -0.4 is 5.32 Å². The molecule has 0 aromatic heterocycles. The van der Waals surface area contributed by atoms with Gasteiger partial charge in [-0.15, -0.1) is 12.3 Å². The third-order valence-electron chi connectivity index (χ3n) is 2.25. The second-order valence-electron chi connectivity index (χ2n) is 3.39. The van der Waals surface area contributed by atoms with Gasteiger partial charge in [0.15, 0.2) is 0 Å². The highest BCUT2D eigenvalue weighted by Gasteiger charge is 2.01. The predicted molar refractivity (Wildman–Crippen MR) is 60.9 cm³/mol. The molecule has 74 valence electrons. The van der Waals surface area contributed by atoms with Gasteiger partial charge in [-0.2, -0.15) is 0 Å². The molecule has 0 unspecified atom stereocenters. The molecule has 1 atom stereocenters. The third kappa shape index (κ3) is 3.64. The minimum Gasteiger partial charge on any atom is -0.310 e. The molecule has 0 saturated heterocycles. The van der Waals surface area contributed by atoms with E-state index >= 15 is 0 Å². The highest BCUT2D eigenvalue weighted by Crippen LogP contribution is 2.10. The summed E-state index contributed by atoms with van der Waals surface area (Å²) in [5.74, 6) is 2.64. The van der Waals surface area contributed by atoms with Crippen LogP contribution in [0.15, 0.2) is 30.3 Å². The lowest BCUT2D eigenvalue weighted by Gasteiger charge is -2.13. The molecule has 0 fully saturated rings. The van der Waals surface area contributed by atoms with Crippen molar-refractivity contribution in [3.8, 4) is 12.3 Å². The molecule has 0 bridgehead atoms. The summed E-state index contributed by atoms with van der Waals surface area (Å²) >= 11 is 0. The van der Waals surface area contributed by atoms with Crippen LogP contribution in [0.3, 0.4) is 0 Å². The molecule has 1 aromatic rings. The Morgan fingerprint density at radius 1 is 1.36 bits per heavy atom. The molecular weight excluding hydrogens is 170 g/mol. The van der Waals surface area contributed by atoms with Gasteiger partial charge in [0, 0.05) is 12.5 Å². The quantitative estimate of drug-likeness (QED) is 0.552. The zero-order valence-corrected chi connectivity index (χ0v) is 8.66. The smallest absolute Gasteiger partial charge is 0.0291 e. The Labute approximate surface area is 86.5 Å². The van der Waals surface area contributed by atoms with Gasteiger partial charge in [0.05, 0.1) is 0 Å². The van der Waals surface area contributed by atoms with E-state index < -0.39 is 0 Å². The lowest BCUT2D eigenvalue weighted by atomic mass is 10.1. The minimum absolute atomic E-state index is 0.411. The Balaban J connectivity index is 2.29. The number of hydrogen-bond acceptors (Lipinski definition) is 1. The second-order valence-corrected chi connectivity index (χ2v) is 3.39. The Kier molecular flexibility index (Phi) is 4.82. The predicted octanol–water partition coefficient (Wildman–Crippen LogP) is 2.75. The van der Waals surface area contributed by atoms with Crippen LogP contribution in [0.1, 0.15) is 31.4 Å². The maximum absolute atomic E-state index is 5.18. The Morgan fingerprint density at radius 3 is 2.71 bits per heavy atom. The molecule has 0 aliphatic carbocycles. The van der Waals surface area contributed by atoms with Crippen molar-refractivity contribution < 1.29 is 0 Å². The largest absolute Gasteiger partial charge is 0.310 e. The zero-order chi connectivity index (χ0) is 10.2. The molecule has 0 amide bonds. The molecule has 0 radical (unpaired) electrons. The van der Waals surface area contributed by atoms with Gasteiger partial charge in [-0.25, -0.2) is 0 Å². The first-order chi connectivity index (χ1) is 6.84. The van der Waals surface area contributed by atoms with E-state index in [1.165, 1.54) is 5.56 Å². The molecule has 1 N–H and O–H groups in total. The van der Waals surface area contributed by atoms with Crippen LogP contribution in [0.25, 0.3) is 0 Å². The fourth-order valence-electron chi connectivity index (χ4n) is 1.37. The molecule has 1 nitrogen and oxygen atoms in total. The first-order valence-corrected chi connectivity index (χ1v) is 5.06. The molecule has 0 aliphatic rings. The SMILES string of the molecule is C#CCCCN[C@H](C)c1ccccc1. The Bertz CT molecular complexity index is 284. The number of benzene rings is 1. The number of terminal acetylenes is 1. The lowest BCUT2D eigenvalue weighted by molar-refractivity contribution is 0.563. The van der Waals surface area contributed by atoms with E-state index in [1.54, 1.807) is 0 Å². The first kappa shape index (κ1) is 10.8. The maximum Gasteiger partial charge on any atom is 0.0291 e. The van der Waals surface area contributed by atoms with Gasteiger partial charge in [0.2, 0.25) is 0 Å². The first-order valence-electron chi connectivity index (χ1n) is 5.06. The molecule has 14 heavy (non-hydrogen) atoms. The molecule has 0 spiro atoms. The average molecular weight is 187 g/mol. The van der Waals surface area contributed by atoms with Crippen molar-refractivity contribution >= 4 is 0 Å². The molecule has 1 aromatic carbocycles. The van der Waals surface area contributed by atoms with E-state index in [0.717, 1.165) is 19.4 Å². The number of unbranched alkanes of at least 4 members (excludes halogenated alkanes) is 1. The number of rotatable bonds is 5. The van der Waals surface area contributed by atoms with Crippen molar-refractivity contribution in [2.45, 2.75) is 25.8 Å². The molecule has 1 heteroatoms. The molecule has 1 rings (SSSR count). The van der Waals surface area contributed by atoms with Crippen LogP contribution in [-0.4, -0.2) is 6.54 Å². The molecule has 0 aliphatic heterocycles. The molecule has 0 heterocycles. The summed E-state index contributed by atoms with van der Waals surface area (Å²) in [6.45, 7) is 3.16. The number of hydrogen-bond donors (Lipinski definition) is 1. The van der Waals surface area contributed by atoms with E-state index in [9.17, 15) is 0 Å². The van der Waals surface area contributed by atoms with Crippen LogP contribution in [0.5, 0.6) is 0 Å². The van der Waals surface area contributed by atoms with Gasteiger partial charge in [-0.3, -0.25) is 0 Å². The minimum atomic E-state index is 0.411. The van der Waals surface area contributed by atoms with Gasteiger partial charge in [0.25, 0.3) is 0 Å². The summed E-state index contributed by atoms with van der Waals surface area (Å²) in [4.78, 5) is 0. The van der Waals surface area contributed by atoms with E-state index in [0.29, 0.717) is 6.04 Å². The summed E-state index contributed by atoms with van der Waals surface area (Å²) in [6.07, 6.45) is 7.08.